The van der Waals surface area contributed by atoms with Crippen molar-refractivity contribution in [3.8, 4) is 16.8 Å². The van der Waals surface area contributed by atoms with Crippen molar-refractivity contribution in [3.63, 3.8) is 0 Å². The second-order valence-electron chi connectivity index (χ2n) is 5.83. The molecule has 0 radical (unpaired) electrons. The van der Waals surface area contributed by atoms with Crippen LogP contribution in [0.2, 0.25) is 0 Å². The predicted octanol–water partition coefficient (Wildman–Crippen LogP) is 6.13. The zero-order valence-corrected chi connectivity index (χ0v) is 13.4. The summed E-state index contributed by atoms with van der Waals surface area (Å²) in [5, 5.41) is 0.595. The lowest BCUT2D eigenvalue weighted by molar-refractivity contribution is 0.450. The highest BCUT2D eigenvalue weighted by atomic mass is 19.2. The van der Waals surface area contributed by atoms with Crippen molar-refractivity contribution in [2.45, 2.75) is 0 Å². The molecule has 4 aromatic rings. The quantitative estimate of drug-likeness (QED) is 0.292. The Bertz CT molecular complexity index is 1170. The summed E-state index contributed by atoms with van der Waals surface area (Å²) in [5.74, 6) is -10.1. The maximum atomic E-state index is 14.7. The monoisotopic (exact) mass is 377 g/mol. The molecule has 1 heterocycles. The number of para-hydroxylation sites is 1. The number of hydrogen-bond donors (Lipinski definition) is 0. The fraction of sp³-hybridized carbons (Fsp3) is 0. The highest BCUT2D eigenvalue weighted by molar-refractivity contribution is 5.82. The highest BCUT2D eigenvalue weighted by Gasteiger charge is 2.29. The minimum atomic E-state index is -1.81. The molecule has 0 fully saturated rings. The van der Waals surface area contributed by atoms with Crippen molar-refractivity contribution in [2.24, 2.45) is 0 Å². The van der Waals surface area contributed by atoms with Gasteiger partial charge in [0, 0.05) is 11.8 Å². The van der Waals surface area contributed by atoms with E-state index in [1.807, 2.05) is 0 Å². The van der Waals surface area contributed by atoms with Crippen LogP contribution in [-0.4, -0.2) is 4.57 Å². The Labute approximate surface area is 149 Å². The lowest BCUT2D eigenvalue weighted by atomic mass is 10.0. The van der Waals surface area contributed by atoms with E-state index in [9.17, 15) is 26.3 Å². The molecule has 0 N–H and O–H groups in total. The third-order valence-electron chi connectivity index (χ3n) is 4.30. The lowest BCUT2D eigenvalue weighted by Crippen LogP contribution is -2.09. The van der Waals surface area contributed by atoms with E-state index in [4.69, 9.17) is 0 Å². The van der Waals surface area contributed by atoms with Gasteiger partial charge in [0.25, 0.3) is 0 Å². The van der Waals surface area contributed by atoms with Gasteiger partial charge in [-0.2, -0.15) is 0 Å². The van der Waals surface area contributed by atoms with Gasteiger partial charge < -0.3 is 4.57 Å². The molecule has 4 rings (SSSR count). The molecule has 0 aliphatic heterocycles. The van der Waals surface area contributed by atoms with Crippen molar-refractivity contribution in [1.29, 1.82) is 0 Å². The molecule has 27 heavy (non-hydrogen) atoms. The average molecular weight is 377 g/mol. The average Bonchev–Trinajstić information content (AvgIpc) is 3.08. The lowest BCUT2D eigenvalue weighted by Gasteiger charge is -2.14. The van der Waals surface area contributed by atoms with Gasteiger partial charge in [-0.3, -0.25) is 0 Å². The van der Waals surface area contributed by atoms with Gasteiger partial charge in [0.05, 0.1) is 11.1 Å². The van der Waals surface area contributed by atoms with E-state index in [1.165, 1.54) is 18.3 Å². The Morgan fingerprint density at radius 3 is 1.96 bits per heavy atom. The molecule has 0 bridgehead atoms. The Balaban J connectivity index is 2.04. The van der Waals surface area contributed by atoms with E-state index in [-0.39, 0.29) is 0 Å². The molecule has 0 saturated carbocycles. The van der Waals surface area contributed by atoms with Crippen molar-refractivity contribution < 1.29 is 26.3 Å². The molecule has 1 nitrogen and oxygen atoms in total. The fourth-order valence-corrected chi connectivity index (χ4v) is 3.04. The predicted molar refractivity (Wildman–Crippen MR) is 88.5 cm³/mol. The van der Waals surface area contributed by atoms with Gasteiger partial charge in [0.15, 0.2) is 34.9 Å². The molecule has 0 aliphatic rings. The first-order chi connectivity index (χ1) is 12.9. The van der Waals surface area contributed by atoms with Gasteiger partial charge in [-0.15, -0.1) is 0 Å². The minimum Gasteiger partial charge on any atom is -0.311 e. The number of halogens is 6. The Hall–Kier alpha value is -3.22. The van der Waals surface area contributed by atoms with Crippen LogP contribution in [0.5, 0.6) is 0 Å². The van der Waals surface area contributed by atoms with E-state index in [2.05, 4.69) is 0 Å². The summed E-state index contributed by atoms with van der Waals surface area (Å²) in [6.07, 6.45) is 1.26. The summed E-state index contributed by atoms with van der Waals surface area (Å²) >= 11 is 0. The maximum absolute atomic E-state index is 14.7. The van der Waals surface area contributed by atoms with E-state index in [1.54, 1.807) is 18.2 Å². The van der Waals surface area contributed by atoms with Gasteiger partial charge in [-0.1, -0.05) is 30.3 Å². The van der Waals surface area contributed by atoms with Crippen molar-refractivity contribution in [2.75, 3.05) is 0 Å². The van der Waals surface area contributed by atoms with Crippen LogP contribution >= 0.6 is 0 Å². The van der Waals surface area contributed by atoms with Crippen LogP contribution in [0.3, 0.4) is 0 Å². The van der Waals surface area contributed by atoms with E-state index < -0.39 is 51.7 Å². The standard InChI is InChI=1S/C20H9F6N/c21-12-6-3-5-11(15(12)22)14-16(23)18(25)20(19(26)17(14)24)27-9-8-10-4-1-2-7-13(10)27/h1-9H. The van der Waals surface area contributed by atoms with Crippen LogP contribution in [0.4, 0.5) is 26.3 Å². The first-order valence-electron chi connectivity index (χ1n) is 7.78. The minimum absolute atomic E-state index is 0.318. The van der Waals surface area contributed by atoms with Crippen LogP contribution < -0.4 is 0 Å². The molecule has 0 amide bonds. The smallest absolute Gasteiger partial charge is 0.186 e. The number of nitrogens with zero attached hydrogens (tertiary/aromatic N) is 1. The third kappa shape index (κ3) is 2.50. The topological polar surface area (TPSA) is 4.93 Å². The van der Waals surface area contributed by atoms with Gasteiger partial charge >= 0.3 is 0 Å². The van der Waals surface area contributed by atoms with Crippen LogP contribution in [0, 0.1) is 34.9 Å². The molecule has 0 aliphatic carbocycles. The molecule has 0 spiro atoms. The van der Waals surface area contributed by atoms with Crippen LogP contribution in [0.25, 0.3) is 27.7 Å². The van der Waals surface area contributed by atoms with Gasteiger partial charge in [-0.25, -0.2) is 26.3 Å². The first kappa shape index (κ1) is 17.2. The van der Waals surface area contributed by atoms with Crippen molar-refractivity contribution >= 4 is 10.9 Å². The molecular weight excluding hydrogens is 368 g/mol. The number of benzene rings is 3. The summed E-state index contributed by atoms with van der Waals surface area (Å²) in [5.41, 5.74) is -2.88. The van der Waals surface area contributed by atoms with Crippen LogP contribution in [0.1, 0.15) is 0 Å². The Kier molecular flexibility index (Phi) is 3.95. The second-order valence-corrected chi connectivity index (χ2v) is 5.83. The summed E-state index contributed by atoms with van der Waals surface area (Å²) in [6.45, 7) is 0. The normalized spacial score (nSPS) is 11.3. The van der Waals surface area contributed by atoms with E-state index in [0.29, 0.717) is 10.9 Å². The summed E-state index contributed by atoms with van der Waals surface area (Å²) < 4.78 is 86.9. The zero-order valence-electron chi connectivity index (χ0n) is 13.4. The van der Waals surface area contributed by atoms with Crippen molar-refractivity contribution in [3.05, 3.63) is 89.6 Å². The number of fused-ring (bicyclic) bond motifs is 1. The fourth-order valence-electron chi connectivity index (χ4n) is 3.04. The molecule has 136 valence electrons. The Morgan fingerprint density at radius 2 is 1.26 bits per heavy atom. The number of rotatable bonds is 2. The zero-order chi connectivity index (χ0) is 19.3. The molecule has 7 heteroatoms. The first-order valence-corrected chi connectivity index (χ1v) is 7.78. The maximum Gasteiger partial charge on any atom is 0.186 e. The summed E-state index contributed by atoms with van der Waals surface area (Å²) in [7, 11) is 0. The number of hydrogen-bond acceptors (Lipinski definition) is 0. The second kappa shape index (κ2) is 6.19. The molecule has 0 atom stereocenters. The summed E-state index contributed by atoms with van der Waals surface area (Å²) in [6, 6.07) is 10.5. The van der Waals surface area contributed by atoms with Crippen LogP contribution in [-0.2, 0) is 0 Å². The molecule has 0 unspecified atom stereocenters. The van der Waals surface area contributed by atoms with Crippen LogP contribution in [0.15, 0.2) is 54.7 Å². The SMILES string of the molecule is Fc1cccc(-c2c(F)c(F)c(-n3ccc4ccccc43)c(F)c2F)c1F. The van der Waals surface area contributed by atoms with E-state index in [0.717, 1.165) is 22.8 Å². The highest BCUT2D eigenvalue weighted by Crippen LogP contribution is 2.36. The molecular formula is C20H9F6N. The van der Waals surface area contributed by atoms with Gasteiger partial charge in [0.1, 0.15) is 5.69 Å². The Morgan fingerprint density at radius 1 is 0.593 bits per heavy atom. The number of aromatic nitrogens is 1. The summed E-state index contributed by atoms with van der Waals surface area (Å²) in [4.78, 5) is 0. The van der Waals surface area contributed by atoms with Gasteiger partial charge in [-0.05, 0) is 23.6 Å². The largest absolute Gasteiger partial charge is 0.311 e. The van der Waals surface area contributed by atoms with Gasteiger partial charge in [0.2, 0.25) is 0 Å². The molecule has 1 aromatic heterocycles. The molecule has 0 saturated heterocycles. The molecule has 3 aromatic carbocycles. The third-order valence-corrected chi connectivity index (χ3v) is 4.30. The van der Waals surface area contributed by atoms with E-state index >= 15 is 0 Å². The van der Waals surface area contributed by atoms with Crippen molar-refractivity contribution in [1.82, 2.24) is 4.57 Å².